The van der Waals surface area contributed by atoms with E-state index in [0.29, 0.717) is 11.5 Å². The largest absolute Gasteiger partial charge is 0.496 e. The summed E-state index contributed by atoms with van der Waals surface area (Å²) in [7, 11) is 1.57. The number of nitrogens with two attached hydrogens (primary N) is 1. The average Bonchev–Trinajstić information content (AvgIpc) is 3.20. The second-order valence-corrected chi connectivity index (χ2v) is 6.09. The summed E-state index contributed by atoms with van der Waals surface area (Å²) in [5.74, 6) is 0.413. The first-order valence-corrected chi connectivity index (χ1v) is 8.78. The van der Waals surface area contributed by atoms with E-state index >= 15 is 0 Å². The normalized spacial score (nSPS) is 10.4. The highest BCUT2D eigenvalue weighted by Gasteiger charge is 2.16. The van der Waals surface area contributed by atoms with Crippen LogP contribution in [-0.2, 0) is 24.4 Å². The van der Waals surface area contributed by atoms with Crippen molar-refractivity contribution in [3.63, 3.8) is 0 Å². The van der Waals surface area contributed by atoms with E-state index in [0.717, 1.165) is 11.1 Å². The molecule has 0 spiro atoms. The van der Waals surface area contributed by atoms with Gasteiger partial charge in [0.15, 0.2) is 6.61 Å². The Balaban J connectivity index is 1.52. The van der Waals surface area contributed by atoms with Gasteiger partial charge in [0.1, 0.15) is 11.5 Å². The van der Waals surface area contributed by atoms with Gasteiger partial charge in [0, 0.05) is 12.1 Å². The van der Waals surface area contributed by atoms with Gasteiger partial charge in [0.05, 0.1) is 13.5 Å². The molecule has 0 saturated heterocycles. The third kappa shape index (κ3) is 5.55. The fraction of sp³-hybridized carbons (Fsp3) is 0.200. The van der Waals surface area contributed by atoms with E-state index in [2.05, 4.69) is 15.5 Å². The summed E-state index contributed by atoms with van der Waals surface area (Å²) < 4.78 is 15.8. The van der Waals surface area contributed by atoms with Crippen LogP contribution in [0.15, 0.2) is 53.1 Å². The van der Waals surface area contributed by atoms with E-state index in [1.165, 1.54) is 0 Å². The molecule has 1 aromatic heterocycles. The number of amides is 2. The second-order valence-electron chi connectivity index (χ2n) is 6.09. The van der Waals surface area contributed by atoms with Crippen molar-refractivity contribution in [1.29, 1.82) is 0 Å². The Kier molecular flexibility index (Phi) is 6.41. The van der Waals surface area contributed by atoms with Crippen molar-refractivity contribution in [3.8, 4) is 11.5 Å². The van der Waals surface area contributed by atoms with Gasteiger partial charge >= 0.3 is 11.8 Å². The molecule has 3 aromatic rings. The molecule has 9 heteroatoms. The van der Waals surface area contributed by atoms with Gasteiger partial charge in [-0.15, -0.1) is 0 Å². The molecule has 2 amide bonds. The molecule has 9 nitrogen and oxygen atoms in total. The number of nitrogens with zero attached hydrogens (tertiary/aromatic N) is 2. The Morgan fingerprint density at radius 2 is 1.90 bits per heavy atom. The molecule has 0 radical (unpaired) electrons. The molecule has 1 heterocycles. The quantitative estimate of drug-likeness (QED) is 0.562. The van der Waals surface area contributed by atoms with E-state index < -0.39 is 11.8 Å². The van der Waals surface area contributed by atoms with Gasteiger partial charge in [-0.25, -0.2) is 0 Å². The number of nitrogens with one attached hydrogen (secondary N) is 1. The van der Waals surface area contributed by atoms with Crippen molar-refractivity contribution >= 4 is 11.8 Å². The summed E-state index contributed by atoms with van der Waals surface area (Å²) in [4.78, 5) is 27.1. The number of carbonyl (C=O) groups is 2. The zero-order valence-electron chi connectivity index (χ0n) is 15.8. The van der Waals surface area contributed by atoms with Crippen LogP contribution in [0.2, 0.25) is 0 Å². The minimum atomic E-state index is -0.495. The Hall–Kier alpha value is -3.88. The predicted molar refractivity (Wildman–Crippen MR) is 102 cm³/mol. The summed E-state index contributed by atoms with van der Waals surface area (Å²) in [6.45, 7) is 0.285. The summed E-state index contributed by atoms with van der Waals surface area (Å²) in [6.07, 6.45) is 0.165. The maximum absolute atomic E-state index is 12.2. The lowest BCUT2D eigenvalue weighted by molar-refractivity contribution is -0.117. The molecule has 0 saturated carbocycles. The number of aromatic nitrogens is 2. The standard InChI is InChI=1S/C20H20N4O5/c1-27-16-5-3-2-4-14(16)11-22-19(26)20-23-18(24-29-20)12-28-15-8-6-13(7-9-15)10-17(21)25/h2-9H,10-12H2,1H3,(H2,21,25)(H,22,26). The van der Waals surface area contributed by atoms with Crippen LogP contribution in [0.5, 0.6) is 11.5 Å². The Morgan fingerprint density at radius 3 is 2.62 bits per heavy atom. The Labute approximate surface area is 166 Å². The fourth-order valence-corrected chi connectivity index (χ4v) is 2.56. The smallest absolute Gasteiger partial charge is 0.316 e. The minimum Gasteiger partial charge on any atom is -0.496 e. The lowest BCUT2D eigenvalue weighted by Crippen LogP contribution is -2.23. The topological polar surface area (TPSA) is 130 Å². The summed E-state index contributed by atoms with van der Waals surface area (Å²) in [5.41, 5.74) is 6.77. The number of benzene rings is 2. The summed E-state index contributed by atoms with van der Waals surface area (Å²) in [5, 5.41) is 6.45. The van der Waals surface area contributed by atoms with E-state index in [1.807, 2.05) is 24.3 Å². The first kappa shape index (κ1) is 19.9. The third-order valence-corrected chi connectivity index (χ3v) is 3.96. The number of methoxy groups -OCH3 is 1. The van der Waals surface area contributed by atoms with Crippen LogP contribution in [0.3, 0.4) is 0 Å². The molecule has 0 fully saturated rings. The molecule has 3 N–H and O–H groups in total. The van der Waals surface area contributed by atoms with E-state index in [-0.39, 0.29) is 31.3 Å². The molecule has 0 aliphatic rings. The van der Waals surface area contributed by atoms with Crippen molar-refractivity contribution in [1.82, 2.24) is 15.5 Å². The zero-order chi connectivity index (χ0) is 20.6. The number of carbonyl (C=O) groups excluding carboxylic acids is 2. The molecular weight excluding hydrogens is 376 g/mol. The highest BCUT2D eigenvalue weighted by Crippen LogP contribution is 2.17. The third-order valence-electron chi connectivity index (χ3n) is 3.96. The van der Waals surface area contributed by atoms with Crippen LogP contribution in [0.4, 0.5) is 0 Å². The number of primary amides is 1. The van der Waals surface area contributed by atoms with Crippen molar-refractivity contribution in [2.45, 2.75) is 19.6 Å². The van der Waals surface area contributed by atoms with Gasteiger partial charge in [0.25, 0.3) is 0 Å². The van der Waals surface area contributed by atoms with Gasteiger partial charge in [-0.05, 0) is 23.8 Å². The van der Waals surface area contributed by atoms with E-state index in [1.54, 1.807) is 31.4 Å². The molecule has 0 unspecified atom stereocenters. The van der Waals surface area contributed by atoms with Gasteiger partial charge in [-0.2, -0.15) is 4.98 Å². The summed E-state index contributed by atoms with van der Waals surface area (Å²) >= 11 is 0. The molecule has 0 aliphatic heterocycles. The number of hydrogen-bond donors (Lipinski definition) is 2. The molecule has 2 aromatic carbocycles. The second kappa shape index (κ2) is 9.36. The SMILES string of the molecule is COc1ccccc1CNC(=O)c1nc(COc2ccc(CC(N)=O)cc2)no1. The Bertz CT molecular complexity index is 985. The average molecular weight is 396 g/mol. The van der Waals surface area contributed by atoms with Gasteiger partial charge in [-0.1, -0.05) is 35.5 Å². The highest BCUT2D eigenvalue weighted by atomic mass is 16.5. The number of hydrogen-bond acceptors (Lipinski definition) is 7. The van der Waals surface area contributed by atoms with Crippen molar-refractivity contribution in [3.05, 3.63) is 71.4 Å². The minimum absolute atomic E-state index is 0.0262. The van der Waals surface area contributed by atoms with Gasteiger partial charge in [0.2, 0.25) is 11.7 Å². The fourth-order valence-electron chi connectivity index (χ4n) is 2.56. The van der Waals surface area contributed by atoms with Gasteiger partial charge < -0.3 is 25.0 Å². The lowest BCUT2D eigenvalue weighted by Gasteiger charge is -2.07. The van der Waals surface area contributed by atoms with Crippen LogP contribution in [0.25, 0.3) is 0 Å². The number of para-hydroxylation sites is 1. The molecule has 29 heavy (non-hydrogen) atoms. The lowest BCUT2D eigenvalue weighted by atomic mass is 10.1. The van der Waals surface area contributed by atoms with Crippen LogP contribution >= 0.6 is 0 Å². The molecular formula is C20H20N4O5. The van der Waals surface area contributed by atoms with E-state index in [4.69, 9.17) is 19.7 Å². The van der Waals surface area contributed by atoms with Crippen LogP contribution < -0.4 is 20.5 Å². The van der Waals surface area contributed by atoms with Crippen molar-refractivity contribution < 1.29 is 23.6 Å². The molecule has 0 bridgehead atoms. The Morgan fingerprint density at radius 1 is 1.14 bits per heavy atom. The van der Waals surface area contributed by atoms with Crippen LogP contribution in [0, 0.1) is 0 Å². The summed E-state index contributed by atoms with van der Waals surface area (Å²) in [6, 6.07) is 14.3. The highest BCUT2D eigenvalue weighted by molar-refractivity contribution is 5.89. The van der Waals surface area contributed by atoms with Crippen molar-refractivity contribution in [2.24, 2.45) is 5.73 Å². The first-order valence-electron chi connectivity index (χ1n) is 8.78. The van der Waals surface area contributed by atoms with Gasteiger partial charge in [-0.3, -0.25) is 9.59 Å². The maximum Gasteiger partial charge on any atom is 0.316 e. The number of rotatable bonds is 9. The van der Waals surface area contributed by atoms with Crippen molar-refractivity contribution in [2.75, 3.05) is 7.11 Å². The molecule has 150 valence electrons. The van der Waals surface area contributed by atoms with E-state index in [9.17, 15) is 9.59 Å². The maximum atomic E-state index is 12.2. The first-order chi connectivity index (χ1) is 14.0. The predicted octanol–water partition coefficient (Wildman–Crippen LogP) is 1.61. The number of ether oxygens (including phenoxy) is 2. The molecule has 3 rings (SSSR count). The molecule has 0 atom stereocenters. The van der Waals surface area contributed by atoms with Crippen LogP contribution in [0.1, 0.15) is 27.6 Å². The monoisotopic (exact) mass is 396 g/mol. The molecule has 0 aliphatic carbocycles. The van der Waals surface area contributed by atoms with Crippen LogP contribution in [-0.4, -0.2) is 29.1 Å². The zero-order valence-corrected chi connectivity index (χ0v) is 15.8.